The number of carbonyl (C=O) groups is 1. The predicted octanol–water partition coefficient (Wildman–Crippen LogP) is 2.44. The molecule has 1 amide bonds. The van der Waals surface area contributed by atoms with Crippen LogP contribution in [0, 0.1) is 11.3 Å². The van der Waals surface area contributed by atoms with Crippen LogP contribution in [0.1, 0.15) is 19.4 Å². The molecule has 0 aliphatic carbocycles. The lowest BCUT2D eigenvalue weighted by Crippen LogP contribution is -2.38. The molecule has 0 aliphatic heterocycles. The summed E-state index contributed by atoms with van der Waals surface area (Å²) in [5.41, 5.74) is 0.771. The predicted molar refractivity (Wildman–Crippen MR) is 70.9 cm³/mol. The topological polar surface area (TPSA) is 57.0 Å². The van der Waals surface area contributed by atoms with Gasteiger partial charge in [0.05, 0.1) is 5.56 Å². The third-order valence-corrected chi connectivity index (χ3v) is 2.38. The molecule has 1 aromatic rings. The van der Waals surface area contributed by atoms with Gasteiger partial charge in [-0.05, 0) is 26.0 Å². The van der Waals surface area contributed by atoms with Gasteiger partial charge in [0.2, 0.25) is 0 Å². The summed E-state index contributed by atoms with van der Waals surface area (Å²) in [5.74, 6) is 0.259. The molecule has 4 nitrogen and oxygen atoms in total. The van der Waals surface area contributed by atoms with Crippen LogP contribution in [0.3, 0.4) is 0 Å². The van der Waals surface area contributed by atoms with Crippen molar-refractivity contribution < 1.29 is 4.79 Å². The number of hydrogen-bond donors (Lipinski definition) is 0. The molecular weight excluding hydrogens is 226 g/mol. The zero-order valence-corrected chi connectivity index (χ0v) is 10.6. The zero-order valence-electron chi connectivity index (χ0n) is 10.6. The summed E-state index contributed by atoms with van der Waals surface area (Å²) in [6.45, 7) is 10.9. The molecule has 1 aromatic heterocycles. The number of aromatic nitrogens is 1. The van der Waals surface area contributed by atoms with Gasteiger partial charge < -0.3 is 0 Å². The Bertz CT molecular complexity index is 509. The number of pyridine rings is 1. The van der Waals surface area contributed by atoms with Crippen molar-refractivity contribution in [1.29, 1.82) is 5.26 Å². The quantitative estimate of drug-likeness (QED) is 0.601. The number of hydrogen-bond acceptors (Lipinski definition) is 3. The maximum absolute atomic E-state index is 12.1. The highest BCUT2D eigenvalue weighted by molar-refractivity contribution is 6.06. The first-order valence-electron chi connectivity index (χ1n) is 5.52. The van der Waals surface area contributed by atoms with Crippen molar-refractivity contribution in [2.45, 2.75) is 19.9 Å². The van der Waals surface area contributed by atoms with E-state index in [0.29, 0.717) is 17.0 Å². The van der Waals surface area contributed by atoms with Crippen LogP contribution in [-0.4, -0.2) is 16.9 Å². The molecule has 0 saturated carbocycles. The molecule has 0 atom stereocenters. The first-order chi connectivity index (χ1) is 8.51. The van der Waals surface area contributed by atoms with E-state index in [2.05, 4.69) is 18.1 Å². The van der Waals surface area contributed by atoms with E-state index in [9.17, 15) is 4.79 Å². The fraction of sp³-hybridized carbons (Fsp3) is 0.214. The van der Waals surface area contributed by atoms with Gasteiger partial charge in [-0.15, -0.1) is 0 Å². The van der Waals surface area contributed by atoms with Crippen LogP contribution in [-0.2, 0) is 4.79 Å². The van der Waals surface area contributed by atoms with E-state index >= 15 is 0 Å². The van der Waals surface area contributed by atoms with Gasteiger partial charge in [0.15, 0.2) is 0 Å². The van der Waals surface area contributed by atoms with E-state index in [0.717, 1.165) is 0 Å². The van der Waals surface area contributed by atoms with Crippen molar-refractivity contribution in [3.63, 3.8) is 0 Å². The maximum Gasteiger partial charge on any atom is 0.259 e. The summed E-state index contributed by atoms with van der Waals surface area (Å²) in [4.78, 5) is 17.8. The average molecular weight is 241 g/mol. The zero-order chi connectivity index (χ0) is 13.7. The normalized spacial score (nSPS) is 9.67. The molecule has 0 aliphatic rings. The molecule has 1 rings (SSSR count). The highest BCUT2D eigenvalue weighted by Crippen LogP contribution is 2.17. The van der Waals surface area contributed by atoms with Gasteiger partial charge >= 0.3 is 0 Å². The standard InChI is InChI=1S/C14H15N3O/c1-5-11(4)14(18)17(10(2)3)13-7-6-12(8-15)9-16-13/h5-7,9-10H,1,4H2,2-3H3. The van der Waals surface area contributed by atoms with Gasteiger partial charge in [0.25, 0.3) is 5.91 Å². The number of nitriles is 1. The summed E-state index contributed by atoms with van der Waals surface area (Å²) in [6, 6.07) is 5.20. The number of anilines is 1. The van der Waals surface area contributed by atoms with Crippen LogP contribution in [0.25, 0.3) is 0 Å². The largest absolute Gasteiger partial charge is 0.290 e. The van der Waals surface area contributed by atoms with Crippen molar-refractivity contribution in [3.8, 4) is 6.07 Å². The minimum atomic E-state index is -0.239. The summed E-state index contributed by atoms with van der Waals surface area (Å²) >= 11 is 0. The molecule has 18 heavy (non-hydrogen) atoms. The van der Waals surface area contributed by atoms with Gasteiger partial charge in [0, 0.05) is 17.8 Å². The third-order valence-electron chi connectivity index (χ3n) is 2.38. The second kappa shape index (κ2) is 5.78. The number of carbonyl (C=O) groups excluding carboxylic acids is 1. The van der Waals surface area contributed by atoms with Gasteiger partial charge in [-0.25, -0.2) is 4.98 Å². The Balaban J connectivity index is 3.12. The molecule has 0 fully saturated rings. The molecular formula is C14H15N3O. The average Bonchev–Trinajstić information content (AvgIpc) is 2.38. The highest BCUT2D eigenvalue weighted by atomic mass is 16.2. The first-order valence-corrected chi connectivity index (χ1v) is 5.52. The number of rotatable bonds is 4. The summed E-state index contributed by atoms with van der Waals surface area (Å²) in [7, 11) is 0. The highest BCUT2D eigenvalue weighted by Gasteiger charge is 2.21. The maximum atomic E-state index is 12.1. The second-order valence-electron chi connectivity index (χ2n) is 4.02. The van der Waals surface area contributed by atoms with Crippen molar-refractivity contribution in [3.05, 3.63) is 48.7 Å². The van der Waals surface area contributed by atoms with Gasteiger partial charge in [0.1, 0.15) is 11.9 Å². The summed E-state index contributed by atoms with van der Waals surface area (Å²) < 4.78 is 0. The molecule has 0 unspecified atom stereocenters. The van der Waals surface area contributed by atoms with Crippen molar-refractivity contribution >= 4 is 11.7 Å². The van der Waals surface area contributed by atoms with Crippen LogP contribution in [0.2, 0.25) is 0 Å². The minimum absolute atomic E-state index is 0.0605. The molecule has 92 valence electrons. The minimum Gasteiger partial charge on any atom is -0.290 e. The summed E-state index contributed by atoms with van der Waals surface area (Å²) in [5, 5.41) is 8.71. The number of amides is 1. The van der Waals surface area contributed by atoms with Crippen LogP contribution in [0.15, 0.2) is 43.1 Å². The van der Waals surface area contributed by atoms with E-state index in [1.165, 1.54) is 17.2 Å². The molecule has 0 N–H and O–H groups in total. The van der Waals surface area contributed by atoms with Crippen molar-refractivity contribution in [2.24, 2.45) is 0 Å². The Morgan fingerprint density at radius 1 is 1.56 bits per heavy atom. The van der Waals surface area contributed by atoms with Crippen LogP contribution in [0.5, 0.6) is 0 Å². The van der Waals surface area contributed by atoms with Gasteiger partial charge in [-0.3, -0.25) is 9.69 Å². The smallest absolute Gasteiger partial charge is 0.259 e. The number of nitrogens with zero attached hydrogens (tertiary/aromatic N) is 3. The molecule has 0 aromatic carbocycles. The van der Waals surface area contributed by atoms with E-state index in [4.69, 9.17) is 5.26 Å². The van der Waals surface area contributed by atoms with Crippen molar-refractivity contribution in [2.75, 3.05) is 4.90 Å². The Kier molecular flexibility index (Phi) is 4.39. The first kappa shape index (κ1) is 13.7. The molecule has 0 spiro atoms. The third kappa shape index (κ3) is 2.83. The second-order valence-corrected chi connectivity index (χ2v) is 4.02. The molecule has 0 radical (unpaired) electrons. The molecule has 4 heteroatoms. The Morgan fingerprint density at radius 2 is 2.22 bits per heavy atom. The van der Waals surface area contributed by atoms with Gasteiger partial charge in [-0.1, -0.05) is 19.2 Å². The lowest BCUT2D eigenvalue weighted by atomic mass is 10.2. The van der Waals surface area contributed by atoms with Crippen molar-refractivity contribution in [1.82, 2.24) is 4.98 Å². The van der Waals surface area contributed by atoms with Crippen LogP contribution >= 0.6 is 0 Å². The summed E-state index contributed by atoms with van der Waals surface area (Å²) in [6.07, 6.45) is 2.86. The fourth-order valence-corrected chi connectivity index (χ4v) is 1.44. The Hall–Kier alpha value is -2.41. The fourth-order valence-electron chi connectivity index (χ4n) is 1.44. The van der Waals surface area contributed by atoms with E-state index in [1.807, 2.05) is 19.9 Å². The van der Waals surface area contributed by atoms with E-state index in [-0.39, 0.29) is 11.9 Å². The lowest BCUT2D eigenvalue weighted by Gasteiger charge is -2.25. The molecule has 0 bridgehead atoms. The van der Waals surface area contributed by atoms with E-state index in [1.54, 1.807) is 12.1 Å². The van der Waals surface area contributed by atoms with Gasteiger partial charge in [-0.2, -0.15) is 5.26 Å². The SMILES string of the molecule is C=CC(=C)C(=O)N(c1ccc(C#N)cn1)C(C)C. The van der Waals surface area contributed by atoms with Crippen LogP contribution in [0.4, 0.5) is 5.82 Å². The van der Waals surface area contributed by atoms with E-state index < -0.39 is 0 Å². The van der Waals surface area contributed by atoms with Crippen LogP contribution < -0.4 is 4.90 Å². The monoisotopic (exact) mass is 241 g/mol. The lowest BCUT2D eigenvalue weighted by molar-refractivity contribution is -0.115. The molecule has 1 heterocycles. The Labute approximate surface area is 107 Å². The molecule has 0 saturated heterocycles. The Morgan fingerprint density at radius 3 is 2.61 bits per heavy atom.